The number of nitrogens with zero attached hydrogens (tertiary/aromatic N) is 4. The van der Waals surface area contributed by atoms with Crippen molar-refractivity contribution in [3.63, 3.8) is 0 Å². The summed E-state index contributed by atoms with van der Waals surface area (Å²) >= 11 is 12.5. The van der Waals surface area contributed by atoms with Crippen molar-refractivity contribution in [3.05, 3.63) is 58.2 Å². The molecule has 1 saturated heterocycles. The van der Waals surface area contributed by atoms with Crippen LogP contribution < -0.4 is 35.8 Å². The van der Waals surface area contributed by atoms with E-state index in [1.165, 1.54) is 11.1 Å². The summed E-state index contributed by atoms with van der Waals surface area (Å²) < 4.78 is 5.76. The number of halogens is 2. The number of aromatic nitrogens is 2. The minimum Gasteiger partial charge on any atom is -0.455 e. The summed E-state index contributed by atoms with van der Waals surface area (Å²) in [5, 5.41) is 12.6. The molecule has 192 valence electrons. The maximum absolute atomic E-state index is 13.1. The number of benzene rings is 2. The molecule has 2 aromatic carbocycles. The Morgan fingerprint density at radius 2 is 1.89 bits per heavy atom. The van der Waals surface area contributed by atoms with Crippen molar-refractivity contribution in [1.29, 1.82) is 0 Å². The Hall–Kier alpha value is -3.80. The first-order valence-electron chi connectivity index (χ1n) is 11.6. The van der Waals surface area contributed by atoms with Gasteiger partial charge in [0, 0.05) is 45.1 Å². The lowest BCUT2D eigenvalue weighted by atomic mass is 10.2. The Balaban J connectivity index is 1.38. The summed E-state index contributed by atoms with van der Waals surface area (Å²) in [4.78, 5) is 37.4. The number of amides is 3. The van der Waals surface area contributed by atoms with Gasteiger partial charge in [-0.15, -0.1) is 0 Å². The number of ether oxygens (including phenoxy) is 1. The second-order valence-electron chi connectivity index (χ2n) is 8.29. The van der Waals surface area contributed by atoms with Gasteiger partial charge in [-0.3, -0.25) is 9.69 Å². The summed E-state index contributed by atoms with van der Waals surface area (Å²) in [5.41, 5.74) is 2.75. The third-order valence-corrected chi connectivity index (χ3v) is 6.56. The number of rotatable bonds is 5. The molecule has 11 nitrogen and oxygen atoms in total. The zero-order valence-corrected chi connectivity index (χ0v) is 21.4. The highest BCUT2D eigenvalue weighted by Gasteiger charge is 2.31. The van der Waals surface area contributed by atoms with Crippen molar-refractivity contribution in [2.75, 3.05) is 60.4 Å². The number of piperazine rings is 1. The van der Waals surface area contributed by atoms with Gasteiger partial charge < -0.3 is 30.9 Å². The molecule has 0 radical (unpaired) electrons. The van der Waals surface area contributed by atoms with E-state index < -0.39 is 0 Å². The Labute approximate surface area is 223 Å². The third kappa shape index (κ3) is 5.19. The van der Waals surface area contributed by atoms with Crippen LogP contribution >= 0.6 is 23.2 Å². The highest BCUT2D eigenvalue weighted by atomic mass is 35.5. The molecule has 1 aromatic heterocycles. The number of hydrogen-bond donors (Lipinski definition) is 4. The summed E-state index contributed by atoms with van der Waals surface area (Å²) in [6.07, 6.45) is 1.39. The number of carbonyl (C=O) groups is 2. The van der Waals surface area contributed by atoms with Gasteiger partial charge in [0.2, 0.25) is 11.8 Å². The van der Waals surface area contributed by atoms with E-state index >= 15 is 0 Å². The number of fused-ring (bicyclic) bond motifs is 1. The van der Waals surface area contributed by atoms with E-state index in [1.807, 2.05) is 18.2 Å². The molecule has 0 bridgehead atoms. The second kappa shape index (κ2) is 10.7. The lowest BCUT2D eigenvalue weighted by Gasteiger charge is -2.31. The molecule has 0 unspecified atom stereocenters. The zero-order valence-electron chi connectivity index (χ0n) is 19.8. The fourth-order valence-corrected chi connectivity index (χ4v) is 4.74. The van der Waals surface area contributed by atoms with Crippen LogP contribution in [0.1, 0.15) is 10.4 Å². The minimum atomic E-state index is -0.375. The van der Waals surface area contributed by atoms with Crippen LogP contribution in [0.2, 0.25) is 10.0 Å². The van der Waals surface area contributed by atoms with Crippen molar-refractivity contribution < 1.29 is 14.3 Å². The van der Waals surface area contributed by atoms with Gasteiger partial charge >= 0.3 is 6.03 Å². The number of nitrogens with one attached hydrogen (secondary N) is 4. The fourth-order valence-electron chi connectivity index (χ4n) is 4.14. The van der Waals surface area contributed by atoms with Gasteiger partial charge in [-0.2, -0.15) is 4.98 Å². The van der Waals surface area contributed by atoms with Crippen LogP contribution in [-0.4, -0.2) is 61.9 Å². The van der Waals surface area contributed by atoms with Crippen LogP contribution in [0.5, 0.6) is 5.88 Å². The van der Waals surface area contributed by atoms with E-state index in [2.05, 4.69) is 36.1 Å². The van der Waals surface area contributed by atoms with Gasteiger partial charge in [0.1, 0.15) is 5.56 Å². The summed E-state index contributed by atoms with van der Waals surface area (Å²) in [6.45, 7) is 3.27. The molecule has 2 aliphatic heterocycles. The average Bonchev–Trinajstić information content (AvgIpc) is 2.90. The van der Waals surface area contributed by atoms with E-state index in [0.717, 1.165) is 31.9 Å². The first kappa shape index (κ1) is 24.9. The van der Waals surface area contributed by atoms with Crippen LogP contribution in [0.25, 0.3) is 0 Å². The van der Waals surface area contributed by atoms with Crippen LogP contribution in [-0.2, 0) is 0 Å². The molecule has 37 heavy (non-hydrogen) atoms. The van der Waals surface area contributed by atoms with Crippen LogP contribution in [0, 0.1) is 0 Å². The largest absolute Gasteiger partial charge is 0.455 e. The Morgan fingerprint density at radius 3 is 2.62 bits per heavy atom. The summed E-state index contributed by atoms with van der Waals surface area (Å²) in [7, 11) is 1.56. The SMILES string of the molecule is CNC(=O)Nc1cc(Nc2ncc3c(n2)OCN(c2c(Cl)cccc2Cl)C3=O)ccc1N1CCNCC1. The van der Waals surface area contributed by atoms with Gasteiger partial charge in [0.05, 0.1) is 27.1 Å². The Morgan fingerprint density at radius 1 is 1.14 bits per heavy atom. The molecule has 4 N–H and O–H groups in total. The first-order valence-corrected chi connectivity index (χ1v) is 12.3. The predicted octanol–water partition coefficient (Wildman–Crippen LogP) is 3.68. The van der Waals surface area contributed by atoms with Crippen LogP contribution in [0.15, 0.2) is 42.6 Å². The van der Waals surface area contributed by atoms with Crippen molar-refractivity contribution in [3.8, 4) is 5.88 Å². The molecule has 1 fully saturated rings. The maximum Gasteiger partial charge on any atom is 0.319 e. The van der Waals surface area contributed by atoms with Gasteiger partial charge in [-0.1, -0.05) is 29.3 Å². The average molecular weight is 543 g/mol. The molecule has 0 atom stereocenters. The number of urea groups is 1. The topological polar surface area (TPSA) is 124 Å². The van der Waals surface area contributed by atoms with Crippen molar-refractivity contribution >= 4 is 63.8 Å². The molecule has 5 rings (SSSR count). The first-order chi connectivity index (χ1) is 17.9. The highest BCUT2D eigenvalue weighted by molar-refractivity contribution is 6.40. The van der Waals surface area contributed by atoms with Crippen LogP contribution in [0.3, 0.4) is 0 Å². The molecule has 2 aliphatic rings. The van der Waals surface area contributed by atoms with Gasteiger partial charge in [-0.25, -0.2) is 9.78 Å². The smallest absolute Gasteiger partial charge is 0.319 e. The van der Waals surface area contributed by atoms with E-state index in [9.17, 15) is 9.59 Å². The molecule has 3 aromatic rings. The molecule has 13 heteroatoms. The highest BCUT2D eigenvalue weighted by Crippen LogP contribution is 2.37. The van der Waals surface area contributed by atoms with E-state index in [0.29, 0.717) is 27.1 Å². The van der Waals surface area contributed by atoms with Gasteiger partial charge in [0.15, 0.2) is 6.73 Å². The molecule has 0 aliphatic carbocycles. The lowest BCUT2D eigenvalue weighted by Crippen LogP contribution is -2.44. The lowest BCUT2D eigenvalue weighted by molar-refractivity contribution is 0.0932. The number of anilines is 5. The van der Waals surface area contributed by atoms with E-state index in [4.69, 9.17) is 27.9 Å². The quantitative estimate of drug-likeness (QED) is 0.385. The van der Waals surface area contributed by atoms with Crippen LogP contribution in [0.4, 0.5) is 33.5 Å². The maximum atomic E-state index is 13.1. The van der Waals surface area contributed by atoms with E-state index in [1.54, 1.807) is 25.2 Å². The second-order valence-corrected chi connectivity index (χ2v) is 9.10. The van der Waals surface area contributed by atoms with E-state index in [-0.39, 0.29) is 36.1 Å². The molecular formula is C24H24Cl2N8O3. The number of para-hydroxylation sites is 1. The van der Waals surface area contributed by atoms with Crippen molar-refractivity contribution in [1.82, 2.24) is 20.6 Å². The van der Waals surface area contributed by atoms with Crippen molar-refractivity contribution in [2.45, 2.75) is 0 Å². The van der Waals surface area contributed by atoms with Crippen molar-refractivity contribution in [2.24, 2.45) is 0 Å². The molecule has 0 spiro atoms. The standard InChI is InChI=1S/C24H24Cl2N8O3/c1-27-24(36)31-18-11-14(5-6-19(18)33-9-7-28-8-10-33)30-23-29-12-15-21(32-23)37-13-34(22(15)35)20-16(25)3-2-4-17(20)26/h2-6,11-12,28H,7-10,13H2,1H3,(H2,27,31,36)(H,29,30,32). The summed E-state index contributed by atoms with van der Waals surface area (Å²) in [6, 6.07) is 10.3. The Kier molecular flexibility index (Phi) is 7.17. The number of hydrogen-bond acceptors (Lipinski definition) is 8. The minimum absolute atomic E-state index is 0.106. The third-order valence-electron chi connectivity index (χ3n) is 5.95. The summed E-state index contributed by atoms with van der Waals surface area (Å²) in [5.74, 6) is -0.0000906. The normalized spacial score (nSPS) is 15.1. The predicted molar refractivity (Wildman–Crippen MR) is 144 cm³/mol. The molecule has 0 saturated carbocycles. The molecular weight excluding hydrogens is 519 g/mol. The fraction of sp³-hybridized carbons (Fsp3) is 0.250. The van der Waals surface area contributed by atoms with Gasteiger partial charge in [0.25, 0.3) is 5.91 Å². The zero-order chi connectivity index (χ0) is 25.9. The number of carbonyl (C=O) groups excluding carboxylic acids is 2. The molecule has 3 amide bonds. The monoisotopic (exact) mass is 542 g/mol. The van der Waals surface area contributed by atoms with Gasteiger partial charge in [-0.05, 0) is 30.3 Å². The Bertz CT molecular complexity index is 1330. The molecule has 3 heterocycles.